The molecule has 2 rings (SSSR count). The zero-order chi connectivity index (χ0) is 14.4. The number of methoxy groups -OCH3 is 1. The number of ether oxygens (including phenoxy) is 2. The minimum absolute atomic E-state index is 0.193. The Balaban J connectivity index is 2.09. The van der Waals surface area contributed by atoms with E-state index >= 15 is 0 Å². The normalized spacial score (nSPS) is 10.1. The Hall–Kier alpha value is -2.43. The molecule has 0 atom stereocenters. The Morgan fingerprint density at radius 1 is 1.30 bits per heavy atom. The molecule has 0 aliphatic heterocycles. The molecule has 2 aromatic rings. The molecule has 0 aliphatic carbocycles. The van der Waals surface area contributed by atoms with Crippen LogP contribution in [-0.4, -0.2) is 23.8 Å². The van der Waals surface area contributed by atoms with Crippen molar-refractivity contribution in [1.82, 2.24) is 4.98 Å². The Labute approximate surface area is 118 Å². The maximum Gasteiger partial charge on any atom is 0.237 e. The molecule has 106 valence electrons. The quantitative estimate of drug-likeness (QED) is 0.848. The fourth-order valence-electron chi connectivity index (χ4n) is 1.79. The third kappa shape index (κ3) is 3.32. The number of hydrogen-bond donors (Lipinski definition) is 2. The highest BCUT2D eigenvalue weighted by Gasteiger charge is 2.06. The Morgan fingerprint density at radius 3 is 2.85 bits per heavy atom. The van der Waals surface area contributed by atoms with Crippen LogP contribution in [0.1, 0.15) is 12.5 Å². The van der Waals surface area contributed by atoms with Gasteiger partial charge in [-0.3, -0.25) is 0 Å². The maximum atomic E-state index is 9.91. The zero-order valence-corrected chi connectivity index (χ0v) is 11.6. The minimum Gasteiger partial charge on any atom is -0.507 e. The molecule has 0 aliphatic rings. The van der Waals surface area contributed by atoms with Gasteiger partial charge in [0.1, 0.15) is 11.5 Å². The van der Waals surface area contributed by atoms with Crippen molar-refractivity contribution >= 4 is 5.69 Å². The number of benzene rings is 1. The summed E-state index contributed by atoms with van der Waals surface area (Å²) in [5, 5.41) is 13.1. The lowest BCUT2D eigenvalue weighted by Crippen LogP contribution is -2.04. The second-order valence-electron chi connectivity index (χ2n) is 4.14. The van der Waals surface area contributed by atoms with Gasteiger partial charge in [0.15, 0.2) is 0 Å². The lowest BCUT2D eigenvalue weighted by Gasteiger charge is -2.12. The van der Waals surface area contributed by atoms with E-state index in [0.717, 1.165) is 11.3 Å². The van der Waals surface area contributed by atoms with E-state index in [2.05, 4.69) is 10.3 Å². The summed E-state index contributed by atoms with van der Waals surface area (Å²) >= 11 is 0. The summed E-state index contributed by atoms with van der Waals surface area (Å²) in [6.07, 6.45) is 1.68. The molecular weight excluding hydrogens is 256 g/mol. The summed E-state index contributed by atoms with van der Waals surface area (Å²) in [4.78, 5) is 4.16. The maximum absolute atomic E-state index is 9.91. The van der Waals surface area contributed by atoms with E-state index < -0.39 is 0 Å². The van der Waals surface area contributed by atoms with Crippen LogP contribution in [0.15, 0.2) is 36.5 Å². The van der Waals surface area contributed by atoms with Gasteiger partial charge in [-0.05, 0) is 31.2 Å². The SMILES string of the molecule is CCOc1ncccc1NCc1ccc(OC)cc1O. The number of aromatic nitrogens is 1. The largest absolute Gasteiger partial charge is 0.507 e. The molecule has 0 spiro atoms. The molecular formula is C15H18N2O3. The van der Waals surface area contributed by atoms with Crippen molar-refractivity contribution in [3.63, 3.8) is 0 Å². The predicted octanol–water partition coefficient (Wildman–Crippen LogP) is 2.81. The third-order valence-electron chi connectivity index (χ3n) is 2.81. The molecule has 0 amide bonds. The molecule has 0 bridgehead atoms. The van der Waals surface area contributed by atoms with Gasteiger partial charge in [0, 0.05) is 24.4 Å². The van der Waals surface area contributed by atoms with Crippen LogP contribution in [0.3, 0.4) is 0 Å². The van der Waals surface area contributed by atoms with Crippen LogP contribution in [0, 0.1) is 0 Å². The Bertz CT molecular complexity index is 573. The van der Waals surface area contributed by atoms with Crippen molar-refractivity contribution in [3.05, 3.63) is 42.1 Å². The minimum atomic E-state index is 0.193. The topological polar surface area (TPSA) is 63.6 Å². The van der Waals surface area contributed by atoms with Crippen LogP contribution >= 0.6 is 0 Å². The third-order valence-corrected chi connectivity index (χ3v) is 2.81. The van der Waals surface area contributed by atoms with Gasteiger partial charge < -0.3 is 19.9 Å². The average molecular weight is 274 g/mol. The fourth-order valence-corrected chi connectivity index (χ4v) is 1.79. The molecule has 0 fully saturated rings. The lowest BCUT2D eigenvalue weighted by atomic mass is 10.2. The highest BCUT2D eigenvalue weighted by molar-refractivity contribution is 5.53. The Morgan fingerprint density at radius 2 is 2.15 bits per heavy atom. The van der Waals surface area contributed by atoms with Crippen molar-refractivity contribution in [2.24, 2.45) is 0 Å². The molecule has 1 aromatic carbocycles. The number of anilines is 1. The van der Waals surface area contributed by atoms with Gasteiger partial charge in [0.05, 0.1) is 19.4 Å². The van der Waals surface area contributed by atoms with Crippen LogP contribution in [0.4, 0.5) is 5.69 Å². The predicted molar refractivity (Wildman–Crippen MR) is 77.4 cm³/mol. The van der Waals surface area contributed by atoms with Crippen LogP contribution in [0.25, 0.3) is 0 Å². The number of aromatic hydroxyl groups is 1. The van der Waals surface area contributed by atoms with Crippen molar-refractivity contribution < 1.29 is 14.6 Å². The Kier molecular flexibility index (Phi) is 4.65. The molecule has 0 saturated carbocycles. The van der Waals surface area contributed by atoms with Crippen molar-refractivity contribution in [2.45, 2.75) is 13.5 Å². The van der Waals surface area contributed by atoms with E-state index in [9.17, 15) is 5.11 Å². The van der Waals surface area contributed by atoms with Gasteiger partial charge in [-0.1, -0.05) is 0 Å². The van der Waals surface area contributed by atoms with Crippen LogP contribution < -0.4 is 14.8 Å². The number of nitrogens with zero attached hydrogens (tertiary/aromatic N) is 1. The molecule has 2 N–H and O–H groups in total. The first kappa shape index (κ1) is 14.0. The second-order valence-corrected chi connectivity index (χ2v) is 4.14. The number of pyridine rings is 1. The standard InChI is InChI=1S/C15H18N2O3/c1-3-20-15-13(5-4-8-16-15)17-10-11-6-7-12(19-2)9-14(11)18/h4-9,17-18H,3,10H2,1-2H3. The van der Waals surface area contributed by atoms with Gasteiger partial charge in [-0.25, -0.2) is 4.98 Å². The molecule has 1 aromatic heterocycles. The lowest BCUT2D eigenvalue weighted by molar-refractivity contribution is 0.328. The van der Waals surface area contributed by atoms with Gasteiger partial charge in [-0.15, -0.1) is 0 Å². The highest BCUT2D eigenvalue weighted by atomic mass is 16.5. The van der Waals surface area contributed by atoms with E-state index in [0.29, 0.717) is 24.8 Å². The number of hydrogen-bond acceptors (Lipinski definition) is 5. The van der Waals surface area contributed by atoms with Gasteiger partial charge in [-0.2, -0.15) is 0 Å². The van der Waals surface area contributed by atoms with Crippen LogP contribution in [0.2, 0.25) is 0 Å². The summed E-state index contributed by atoms with van der Waals surface area (Å²) in [6, 6.07) is 8.93. The van der Waals surface area contributed by atoms with E-state index in [1.807, 2.05) is 31.2 Å². The first-order valence-corrected chi connectivity index (χ1v) is 6.42. The zero-order valence-electron chi connectivity index (χ0n) is 11.6. The summed E-state index contributed by atoms with van der Waals surface area (Å²) in [7, 11) is 1.57. The monoisotopic (exact) mass is 274 g/mol. The molecule has 1 heterocycles. The summed E-state index contributed by atoms with van der Waals surface area (Å²) in [5.74, 6) is 1.38. The summed E-state index contributed by atoms with van der Waals surface area (Å²) in [5.41, 5.74) is 1.57. The van der Waals surface area contributed by atoms with Gasteiger partial charge >= 0.3 is 0 Å². The summed E-state index contributed by atoms with van der Waals surface area (Å²) < 4.78 is 10.5. The number of rotatable bonds is 6. The van der Waals surface area contributed by atoms with E-state index in [1.54, 1.807) is 19.4 Å². The average Bonchev–Trinajstić information content (AvgIpc) is 2.47. The number of phenols is 1. The molecule has 5 nitrogen and oxygen atoms in total. The number of nitrogens with one attached hydrogen (secondary N) is 1. The van der Waals surface area contributed by atoms with Crippen molar-refractivity contribution in [3.8, 4) is 17.4 Å². The fraction of sp³-hybridized carbons (Fsp3) is 0.267. The highest BCUT2D eigenvalue weighted by Crippen LogP contribution is 2.26. The van der Waals surface area contributed by atoms with E-state index in [-0.39, 0.29) is 5.75 Å². The molecule has 20 heavy (non-hydrogen) atoms. The second kappa shape index (κ2) is 6.65. The smallest absolute Gasteiger partial charge is 0.237 e. The van der Waals surface area contributed by atoms with E-state index in [4.69, 9.17) is 9.47 Å². The first-order chi connectivity index (χ1) is 9.74. The first-order valence-electron chi connectivity index (χ1n) is 6.42. The summed E-state index contributed by atoms with van der Waals surface area (Å²) in [6.45, 7) is 2.94. The van der Waals surface area contributed by atoms with Gasteiger partial charge in [0.25, 0.3) is 0 Å². The molecule has 0 unspecified atom stereocenters. The van der Waals surface area contributed by atoms with Crippen LogP contribution in [0.5, 0.6) is 17.4 Å². The van der Waals surface area contributed by atoms with Crippen molar-refractivity contribution in [2.75, 3.05) is 19.0 Å². The molecule has 5 heteroatoms. The van der Waals surface area contributed by atoms with Crippen LogP contribution in [-0.2, 0) is 6.54 Å². The van der Waals surface area contributed by atoms with Crippen molar-refractivity contribution in [1.29, 1.82) is 0 Å². The number of phenolic OH excluding ortho intramolecular Hbond substituents is 1. The van der Waals surface area contributed by atoms with E-state index in [1.165, 1.54) is 0 Å². The molecule has 0 radical (unpaired) electrons. The van der Waals surface area contributed by atoms with Gasteiger partial charge in [0.2, 0.25) is 5.88 Å². The molecule has 0 saturated heterocycles.